The van der Waals surface area contributed by atoms with E-state index < -0.39 is 0 Å². The van der Waals surface area contributed by atoms with Crippen LogP contribution in [-0.2, 0) is 18.0 Å². The van der Waals surface area contributed by atoms with Gasteiger partial charge in [0.1, 0.15) is 11.5 Å². The van der Waals surface area contributed by atoms with Gasteiger partial charge in [-0.25, -0.2) is 4.79 Å². The van der Waals surface area contributed by atoms with Gasteiger partial charge in [-0.1, -0.05) is 6.07 Å². The maximum Gasteiger partial charge on any atom is 0.343 e. The molecule has 0 unspecified atom stereocenters. The third kappa shape index (κ3) is 3.37. The third-order valence-corrected chi connectivity index (χ3v) is 4.17. The quantitative estimate of drug-likeness (QED) is 0.623. The molecule has 23 heavy (non-hydrogen) atoms. The lowest BCUT2D eigenvalue weighted by atomic mass is 10.1. The first-order valence-electron chi connectivity index (χ1n) is 7.92. The van der Waals surface area contributed by atoms with E-state index in [1.807, 2.05) is 24.3 Å². The zero-order valence-electron chi connectivity index (χ0n) is 12.8. The van der Waals surface area contributed by atoms with Crippen LogP contribution in [0.1, 0.15) is 34.3 Å². The number of fused-ring (bicyclic) bond motifs is 1. The van der Waals surface area contributed by atoms with Crippen LogP contribution in [0, 0.1) is 5.92 Å². The summed E-state index contributed by atoms with van der Waals surface area (Å²) >= 11 is 0. The van der Waals surface area contributed by atoms with E-state index in [4.69, 9.17) is 14.2 Å². The summed E-state index contributed by atoms with van der Waals surface area (Å²) in [7, 11) is 0. The fourth-order valence-corrected chi connectivity index (χ4v) is 2.57. The Morgan fingerprint density at radius 2 is 1.74 bits per heavy atom. The molecule has 0 bridgehead atoms. The molecular formula is C19H18O4. The predicted molar refractivity (Wildman–Crippen MR) is 84.6 cm³/mol. The first kappa shape index (κ1) is 14.3. The molecule has 0 spiro atoms. The molecule has 0 N–H and O–H groups in total. The van der Waals surface area contributed by atoms with E-state index in [1.165, 1.54) is 12.8 Å². The highest BCUT2D eigenvalue weighted by atomic mass is 16.5. The van der Waals surface area contributed by atoms with Gasteiger partial charge in [-0.2, -0.15) is 0 Å². The number of benzene rings is 2. The minimum absolute atomic E-state index is 0.355. The van der Waals surface area contributed by atoms with Gasteiger partial charge in [0.25, 0.3) is 0 Å². The number of rotatable bonds is 5. The monoisotopic (exact) mass is 310 g/mol. The number of hydrogen-bond donors (Lipinski definition) is 0. The molecule has 118 valence electrons. The molecule has 0 amide bonds. The molecule has 2 aromatic rings. The lowest BCUT2D eigenvalue weighted by molar-refractivity contribution is 0.0734. The molecule has 0 radical (unpaired) electrons. The molecule has 4 rings (SSSR count). The van der Waals surface area contributed by atoms with Gasteiger partial charge in [0.05, 0.1) is 25.4 Å². The van der Waals surface area contributed by atoms with Gasteiger partial charge in [-0.3, -0.25) is 0 Å². The predicted octanol–water partition coefficient (Wildman–Crippen LogP) is 3.72. The maximum absolute atomic E-state index is 12.2. The van der Waals surface area contributed by atoms with E-state index in [9.17, 15) is 4.79 Å². The number of esters is 1. The van der Waals surface area contributed by atoms with Crippen molar-refractivity contribution in [1.82, 2.24) is 0 Å². The Bertz CT molecular complexity index is 717. The van der Waals surface area contributed by atoms with Crippen molar-refractivity contribution in [3.05, 3.63) is 59.2 Å². The zero-order valence-corrected chi connectivity index (χ0v) is 12.8. The SMILES string of the molecule is O=C(Oc1ccc(OCC2CC2)cc1)c1ccc2c(c1)COC2. The fraction of sp³-hybridized carbons (Fsp3) is 0.316. The normalized spacial score (nSPS) is 16.0. The molecule has 0 aromatic heterocycles. The lowest BCUT2D eigenvalue weighted by Crippen LogP contribution is -2.09. The van der Waals surface area contributed by atoms with Gasteiger partial charge in [0, 0.05) is 0 Å². The number of ether oxygens (including phenoxy) is 3. The van der Waals surface area contributed by atoms with Crippen LogP contribution in [-0.4, -0.2) is 12.6 Å². The minimum Gasteiger partial charge on any atom is -0.493 e. The third-order valence-electron chi connectivity index (χ3n) is 4.17. The Kier molecular flexibility index (Phi) is 3.75. The average molecular weight is 310 g/mol. The van der Waals surface area contributed by atoms with Crippen molar-refractivity contribution in [3.63, 3.8) is 0 Å². The van der Waals surface area contributed by atoms with Crippen LogP contribution < -0.4 is 9.47 Å². The number of hydrogen-bond acceptors (Lipinski definition) is 4. The van der Waals surface area contributed by atoms with E-state index in [2.05, 4.69) is 0 Å². The second-order valence-corrected chi connectivity index (χ2v) is 6.09. The van der Waals surface area contributed by atoms with Gasteiger partial charge < -0.3 is 14.2 Å². The molecule has 1 aliphatic heterocycles. The van der Waals surface area contributed by atoms with Crippen LogP contribution in [0.3, 0.4) is 0 Å². The van der Waals surface area contributed by atoms with Crippen LogP contribution in [0.15, 0.2) is 42.5 Å². The minimum atomic E-state index is -0.355. The molecule has 1 saturated carbocycles. The molecule has 1 fully saturated rings. The molecule has 0 saturated heterocycles. The van der Waals surface area contributed by atoms with Gasteiger partial charge in [0.15, 0.2) is 0 Å². The van der Waals surface area contributed by atoms with Gasteiger partial charge in [-0.05, 0) is 66.3 Å². The largest absolute Gasteiger partial charge is 0.493 e. The molecular weight excluding hydrogens is 292 g/mol. The number of carbonyl (C=O) groups is 1. The van der Waals surface area contributed by atoms with Crippen molar-refractivity contribution in [2.24, 2.45) is 5.92 Å². The van der Waals surface area contributed by atoms with Crippen LogP contribution in [0.5, 0.6) is 11.5 Å². The maximum atomic E-state index is 12.2. The molecule has 4 heteroatoms. The van der Waals surface area contributed by atoms with Crippen molar-refractivity contribution in [2.45, 2.75) is 26.1 Å². The van der Waals surface area contributed by atoms with Crippen LogP contribution in [0.25, 0.3) is 0 Å². The van der Waals surface area contributed by atoms with E-state index in [0.717, 1.165) is 29.4 Å². The Balaban J connectivity index is 1.39. The van der Waals surface area contributed by atoms with E-state index in [0.29, 0.717) is 24.5 Å². The summed E-state index contributed by atoms with van der Waals surface area (Å²) < 4.78 is 16.4. The topological polar surface area (TPSA) is 44.8 Å². The molecule has 4 nitrogen and oxygen atoms in total. The zero-order chi connectivity index (χ0) is 15.6. The summed E-state index contributed by atoms with van der Waals surface area (Å²) in [5.41, 5.74) is 2.74. The summed E-state index contributed by atoms with van der Waals surface area (Å²) in [6.07, 6.45) is 2.53. The highest BCUT2D eigenvalue weighted by Crippen LogP contribution is 2.30. The molecule has 1 aliphatic carbocycles. The molecule has 2 aromatic carbocycles. The highest BCUT2D eigenvalue weighted by Gasteiger charge is 2.22. The fourth-order valence-electron chi connectivity index (χ4n) is 2.57. The summed E-state index contributed by atoms with van der Waals surface area (Å²) in [6, 6.07) is 12.7. The highest BCUT2D eigenvalue weighted by molar-refractivity contribution is 5.91. The standard InChI is InChI=1S/C19H18O4/c20-19(14-3-4-15-11-21-12-16(15)9-14)23-18-7-5-17(6-8-18)22-10-13-1-2-13/h3-9,13H,1-2,10-12H2. The Morgan fingerprint density at radius 1 is 1.00 bits per heavy atom. The van der Waals surface area contributed by atoms with Crippen LogP contribution >= 0.6 is 0 Å². The van der Waals surface area contributed by atoms with E-state index in [1.54, 1.807) is 18.2 Å². The first-order chi connectivity index (χ1) is 11.3. The second kappa shape index (κ2) is 6.05. The molecule has 1 heterocycles. The van der Waals surface area contributed by atoms with Crippen molar-refractivity contribution >= 4 is 5.97 Å². The summed E-state index contributed by atoms with van der Waals surface area (Å²) in [6.45, 7) is 1.95. The average Bonchev–Trinajstić information content (AvgIpc) is 3.29. The molecule has 0 atom stereocenters. The van der Waals surface area contributed by atoms with Crippen LogP contribution in [0.4, 0.5) is 0 Å². The Labute approximate surface area is 135 Å². The Hall–Kier alpha value is -2.33. The summed E-state index contributed by atoms with van der Waals surface area (Å²) in [5, 5.41) is 0. The van der Waals surface area contributed by atoms with Crippen molar-refractivity contribution in [2.75, 3.05) is 6.61 Å². The van der Waals surface area contributed by atoms with Crippen molar-refractivity contribution < 1.29 is 19.0 Å². The van der Waals surface area contributed by atoms with Crippen molar-refractivity contribution in [1.29, 1.82) is 0 Å². The van der Waals surface area contributed by atoms with Gasteiger partial charge in [-0.15, -0.1) is 0 Å². The van der Waals surface area contributed by atoms with Gasteiger partial charge >= 0.3 is 5.97 Å². The van der Waals surface area contributed by atoms with Crippen LogP contribution in [0.2, 0.25) is 0 Å². The lowest BCUT2D eigenvalue weighted by Gasteiger charge is -2.08. The summed E-state index contributed by atoms with van der Waals surface area (Å²) in [4.78, 5) is 12.2. The summed E-state index contributed by atoms with van der Waals surface area (Å²) in [5.74, 6) is 1.69. The van der Waals surface area contributed by atoms with E-state index >= 15 is 0 Å². The molecule has 2 aliphatic rings. The Morgan fingerprint density at radius 3 is 2.52 bits per heavy atom. The smallest absolute Gasteiger partial charge is 0.343 e. The van der Waals surface area contributed by atoms with Gasteiger partial charge in [0.2, 0.25) is 0 Å². The van der Waals surface area contributed by atoms with Crippen molar-refractivity contribution in [3.8, 4) is 11.5 Å². The number of carbonyl (C=O) groups excluding carboxylic acids is 1. The second-order valence-electron chi connectivity index (χ2n) is 6.09. The van der Waals surface area contributed by atoms with E-state index in [-0.39, 0.29) is 5.97 Å². The first-order valence-corrected chi connectivity index (χ1v) is 7.92.